The highest BCUT2D eigenvalue weighted by Crippen LogP contribution is 2.07. The molecule has 0 bridgehead atoms. The quantitative estimate of drug-likeness (QED) is 0.584. The van der Waals surface area contributed by atoms with Gasteiger partial charge >= 0.3 is 5.97 Å². The summed E-state index contributed by atoms with van der Waals surface area (Å²) < 4.78 is 4.82. The molecule has 0 heterocycles. The lowest BCUT2D eigenvalue weighted by Crippen LogP contribution is -2.04. The maximum absolute atomic E-state index is 11.3. The number of esters is 1. The van der Waals surface area contributed by atoms with Crippen LogP contribution < -0.4 is 0 Å². The first-order chi connectivity index (χ1) is 7.13. The van der Waals surface area contributed by atoms with Crippen LogP contribution in [0, 0.1) is 0 Å². The summed E-state index contributed by atoms with van der Waals surface area (Å²) >= 11 is 5.23. The Bertz CT molecular complexity index is 357. The van der Waals surface area contributed by atoms with Gasteiger partial charge in [-0.05, 0) is 36.2 Å². The highest BCUT2D eigenvalue weighted by atomic mass is 35.5. The number of rotatable bonds is 4. The van der Waals surface area contributed by atoms with E-state index in [1.165, 1.54) is 0 Å². The lowest BCUT2D eigenvalue weighted by molar-refractivity contribution is -0.111. The fraction of sp³-hybridized carbons (Fsp3) is 0.273. The topological polar surface area (TPSA) is 43.4 Å². The van der Waals surface area contributed by atoms with Gasteiger partial charge in [-0.2, -0.15) is 0 Å². The van der Waals surface area contributed by atoms with Crippen molar-refractivity contribution in [2.75, 3.05) is 6.61 Å². The van der Waals surface area contributed by atoms with Crippen molar-refractivity contribution in [3.63, 3.8) is 0 Å². The molecule has 0 spiro atoms. The number of carbonyl (C=O) groups excluding carboxylic acids is 2. The van der Waals surface area contributed by atoms with Crippen molar-refractivity contribution in [2.45, 2.75) is 13.3 Å². The zero-order valence-corrected chi connectivity index (χ0v) is 9.08. The summed E-state index contributed by atoms with van der Waals surface area (Å²) in [6.45, 7) is 2.10. The van der Waals surface area contributed by atoms with E-state index in [-0.39, 0.29) is 12.4 Å². The van der Waals surface area contributed by atoms with Crippen molar-refractivity contribution < 1.29 is 14.3 Å². The summed E-state index contributed by atoms with van der Waals surface area (Å²) in [5, 5.41) is -0.418. The zero-order chi connectivity index (χ0) is 11.3. The molecule has 0 saturated carbocycles. The third-order valence-corrected chi connectivity index (χ3v) is 1.94. The monoisotopic (exact) mass is 226 g/mol. The Kier molecular flexibility index (Phi) is 4.31. The van der Waals surface area contributed by atoms with Gasteiger partial charge in [0.15, 0.2) is 0 Å². The molecule has 4 heteroatoms. The Morgan fingerprint density at radius 1 is 1.27 bits per heavy atom. The third kappa shape index (κ3) is 3.72. The first-order valence-corrected chi connectivity index (χ1v) is 4.95. The number of benzene rings is 1. The molecule has 0 aliphatic carbocycles. The Labute approximate surface area is 93.0 Å². The summed E-state index contributed by atoms with van der Waals surface area (Å²) in [6, 6.07) is 6.61. The van der Waals surface area contributed by atoms with Gasteiger partial charge in [-0.25, -0.2) is 4.79 Å². The van der Waals surface area contributed by atoms with E-state index < -0.39 is 5.24 Å². The molecule has 1 aromatic carbocycles. The van der Waals surface area contributed by atoms with E-state index in [0.29, 0.717) is 12.2 Å². The largest absolute Gasteiger partial charge is 0.462 e. The van der Waals surface area contributed by atoms with Crippen LogP contribution in [0.1, 0.15) is 22.8 Å². The van der Waals surface area contributed by atoms with E-state index in [9.17, 15) is 9.59 Å². The van der Waals surface area contributed by atoms with E-state index >= 15 is 0 Å². The van der Waals surface area contributed by atoms with Crippen LogP contribution in [0.4, 0.5) is 0 Å². The Hall–Kier alpha value is -1.35. The highest BCUT2D eigenvalue weighted by molar-refractivity contribution is 6.63. The first kappa shape index (κ1) is 11.7. The molecular weight excluding hydrogens is 216 g/mol. The number of hydrogen-bond donors (Lipinski definition) is 0. The molecule has 0 radical (unpaired) electrons. The molecule has 15 heavy (non-hydrogen) atoms. The van der Waals surface area contributed by atoms with Crippen LogP contribution in [0.25, 0.3) is 0 Å². The minimum Gasteiger partial charge on any atom is -0.462 e. The molecule has 3 nitrogen and oxygen atoms in total. The van der Waals surface area contributed by atoms with Crippen LogP contribution in [0.3, 0.4) is 0 Å². The minimum atomic E-state index is -0.418. The van der Waals surface area contributed by atoms with Gasteiger partial charge in [-0.3, -0.25) is 4.79 Å². The van der Waals surface area contributed by atoms with Crippen molar-refractivity contribution in [1.29, 1.82) is 0 Å². The van der Waals surface area contributed by atoms with Gasteiger partial charge in [-0.15, -0.1) is 0 Å². The number of hydrogen-bond acceptors (Lipinski definition) is 3. The van der Waals surface area contributed by atoms with Crippen LogP contribution in [0.2, 0.25) is 0 Å². The number of ether oxygens (including phenoxy) is 1. The van der Waals surface area contributed by atoms with Gasteiger partial charge < -0.3 is 4.74 Å². The summed E-state index contributed by atoms with van der Waals surface area (Å²) in [4.78, 5) is 21.9. The van der Waals surface area contributed by atoms with E-state index in [2.05, 4.69) is 0 Å². The van der Waals surface area contributed by atoms with Gasteiger partial charge in [0, 0.05) is 6.42 Å². The summed E-state index contributed by atoms with van der Waals surface area (Å²) in [5.41, 5.74) is 1.26. The molecule has 0 amide bonds. The van der Waals surface area contributed by atoms with Crippen molar-refractivity contribution in [1.82, 2.24) is 0 Å². The molecule has 0 N–H and O–H groups in total. The fourth-order valence-corrected chi connectivity index (χ4v) is 1.29. The minimum absolute atomic E-state index is 0.171. The predicted molar refractivity (Wildman–Crippen MR) is 57.0 cm³/mol. The second-order valence-electron chi connectivity index (χ2n) is 2.95. The molecule has 0 unspecified atom stereocenters. The Balaban J connectivity index is 2.71. The van der Waals surface area contributed by atoms with Crippen LogP contribution in [-0.2, 0) is 16.0 Å². The molecule has 0 fully saturated rings. The average molecular weight is 227 g/mol. The third-order valence-electron chi connectivity index (χ3n) is 1.81. The highest BCUT2D eigenvalue weighted by Gasteiger charge is 2.06. The molecule has 0 aliphatic heterocycles. The maximum atomic E-state index is 11.3. The van der Waals surface area contributed by atoms with Gasteiger partial charge in [0.1, 0.15) is 0 Å². The van der Waals surface area contributed by atoms with E-state index in [1.54, 1.807) is 31.2 Å². The molecule has 0 aromatic heterocycles. The average Bonchev–Trinajstić information content (AvgIpc) is 2.18. The molecular formula is C11H11ClO3. The molecule has 0 atom stereocenters. The normalized spacial score (nSPS) is 9.73. The van der Waals surface area contributed by atoms with E-state index in [1.807, 2.05) is 0 Å². The predicted octanol–water partition coefficient (Wildman–Crippen LogP) is 2.17. The molecule has 1 aromatic rings. The second kappa shape index (κ2) is 5.51. The Morgan fingerprint density at radius 3 is 2.33 bits per heavy atom. The standard InChI is InChI=1S/C11H11ClO3/c1-2-15-11(14)9-5-3-8(4-6-9)7-10(12)13/h3-6H,2,7H2,1H3. The summed E-state index contributed by atoms with van der Waals surface area (Å²) in [6.07, 6.45) is 0.171. The fourth-order valence-electron chi connectivity index (χ4n) is 1.13. The SMILES string of the molecule is CCOC(=O)c1ccc(CC(=O)Cl)cc1. The second-order valence-corrected chi connectivity index (χ2v) is 3.37. The molecule has 0 saturated heterocycles. The van der Waals surface area contributed by atoms with Gasteiger partial charge in [0.25, 0.3) is 0 Å². The number of carbonyl (C=O) groups is 2. The van der Waals surface area contributed by atoms with Crippen LogP contribution in [-0.4, -0.2) is 17.8 Å². The van der Waals surface area contributed by atoms with Gasteiger partial charge in [0.2, 0.25) is 5.24 Å². The summed E-state index contributed by atoms with van der Waals surface area (Å²) in [5.74, 6) is -0.360. The zero-order valence-electron chi connectivity index (χ0n) is 8.33. The van der Waals surface area contributed by atoms with Crippen LogP contribution in [0.15, 0.2) is 24.3 Å². The Morgan fingerprint density at radius 2 is 1.87 bits per heavy atom. The molecule has 80 valence electrons. The van der Waals surface area contributed by atoms with E-state index in [0.717, 1.165) is 5.56 Å². The maximum Gasteiger partial charge on any atom is 0.338 e. The van der Waals surface area contributed by atoms with Gasteiger partial charge in [0.05, 0.1) is 12.2 Å². The van der Waals surface area contributed by atoms with Crippen molar-refractivity contribution in [2.24, 2.45) is 0 Å². The van der Waals surface area contributed by atoms with Crippen LogP contribution in [0.5, 0.6) is 0 Å². The number of halogens is 1. The first-order valence-electron chi connectivity index (χ1n) is 4.58. The lowest BCUT2D eigenvalue weighted by atomic mass is 10.1. The van der Waals surface area contributed by atoms with Gasteiger partial charge in [-0.1, -0.05) is 12.1 Å². The van der Waals surface area contributed by atoms with Crippen molar-refractivity contribution in [3.05, 3.63) is 35.4 Å². The molecule has 1 rings (SSSR count). The van der Waals surface area contributed by atoms with E-state index in [4.69, 9.17) is 16.3 Å². The smallest absolute Gasteiger partial charge is 0.338 e. The van der Waals surface area contributed by atoms with Crippen molar-refractivity contribution >= 4 is 22.8 Å². The van der Waals surface area contributed by atoms with Crippen LogP contribution >= 0.6 is 11.6 Å². The summed E-state index contributed by atoms with van der Waals surface area (Å²) in [7, 11) is 0. The molecule has 0 aliphatic rings. The lowest BCUT2D eigenvalue weighted by Gasteiger charge is -2.02. The van der Waals surface area contributed by atoms with Crippen molar-refractivity contribution in [3.8, 4) is 0 Å².